The predicted octanol–water partition coefficient (Wildman–Crippen LogP) is 0.0428. The summed E-state index contributed by atoms with van der Waals surface area (Å²) < 4.78 is 0. The Kier molecular flexibility index (Phi) is 2.99. The molecule has 9 heavy (non-hydrogen) atoms. The molecule has 2 atom stereocenters. The molecular formula is C6H12O2Se. The third-order valence-electron chi connectivity index (χ3n) is 1.56. The average Bonchev–Trinajstić information content (AvgIpc) is 1.99. The van der Waals surface area contributed by atoms with Gasteiger partial charge in [-0.25, -0.2) is 0 Å². The molecule has 1 aliphatic heterocycles. The maximum absolute atomic E-state index is 9.12. The van der Waals surface area contributed by atoms with Crippen LogP contribution in [0.15, 0.2) is 0 Å². The monoisotopic (exact) mass is 196 g/mol. The van der Waals surface area contributed by atoms with Crippen molar-refractivity contribution >= 4 is 15.0 Å². The van der Waals surface area contributed by atoms with Gasteiger partial charge in [-0.05, 0) is 0 Å². The first-order chi connectivity index (χ1) is 4.30. The molecule has 2 nitrogen and oxygen atoms in total. The van der Waals surface area contributed by atoms with Gasteiger partial charge >= 0.3 is 60.9 Å². The van der Waals surface area contributed by atoms with Crippen LogP contribution in [0, 0.1) is 0 Å². The van der Waals surface area contributed by atoms with Crippen LogP contribution < -0.4 is 0 Å². The SMILES string of the molecule is OC1CC[Se]CCC1O. The third-order valence-corrected chi connectivity index (χ3v) is 3.76. The Labute approximate surface area is 61.4 Å². The quantitative estimate of drug-likeness (QED) is 0.536. The zero-order valence-corrected chi connectivity index (χ0v) is 7.00. The van der Waals surface area contributed by atoms with E-state index in [0.29, 0.717) is 15.0 Å². The molecule has 0 radical (unpaired) electrons. The van der Waals surface area contributed by atoms with Crippen molar-refractivity contribution in [3.05, 3.63) is 0 Å². The van der Waals surface area contributed by atoms with E-state index in [2.05, 4.69) is 0 Å². The van der Waals surface area contributed by atoms with E-state index in [1.54, 1.807) is 0 Å². The predicted molar refractivity (Wildman–Crippen MR) is 36.6 cm³/mol. The van der Waals surface area contributed by atoms with E-state index in [9.17, 15) is 0 Å². The number of aliphatic hydroxyl groups excluding tert-OH is 2. The summed E-state index contributed by atoms with van der Waals surface area (Å²) in [5.74, 6) is 0. The molecule has 0 aliphatic carbocycles. The summed E-state index contributed by atoms with van der Waals surface area (Å²) in [6.45, 7) is 0. The summed E-state index contributed by atoms with van der Waals surface area (Å²) in [6.07, 6.45) is 0.742. The molecule has 2 N–H and O–H groups in total. The standard InChI is InChI=1S/C6H12O2Se/c7-5-1-3-9-4-2-6(5)8/h5-8H,1-4H2. The molecule has 1 fully saturated rings. The summed E-state index contributed by atoms with van der Waals surface area (Å²) in [7, 11) is 0. The number of hydrogen-bond acceptors (Lipinski definition) is 2. The molecule has 0 aromatic heterocycles. The Morgan fingerprint density at radius 1 is 1.00 bits per heavy atom. The van der Waals surface area contributed by atoms with Gasteiger partial charge in [0, 0.05) is 0 Å². The Balaban J connectivity index is 2.32. The molecule has 0 bridgehead atoms. The molecule has 2 unspecified atom stereocenters. The molecule has 0 saturated carbocycles. The Hall–Kier alpha value is 0.439. The van der Waals surface area contributed by atoms with Crippen LogP contribution in [0.3, 0.4) is 0 Å². The van der Waals surface area contributed by atoms with E-state index in [1.165, 1.54) is 0 Å². The number of rotatable bonds is 0. The first-order valence-corrected chi connectivity index (χ1v) is 5.67. The Bertz CT molecular complexity index is 77.1. The van der Waals surface area contributed by atoms with Crippen molar-refractivity contribution in [3.63, 3.8) is 0 Å². The molecule has 0 spiro atoms. The van der Waals surface area contributed by atoms with Crippen LogP contribution in [-0.2, 0) is 0 Å². The van der Waals surface area contributed by atoms with Crippen molar-refractivity contribution in [3.8, 4) is 0 Å². The molecule has 0 aromatic carbocycles. The van der Waals surface area contributed by atoms with Gasteiger partial charge in [0.1, 0.15) is 0 Å². The van der Waals surface area contributed by atoms with Crippen LogP contribution in [0.2, 0.25) is 10.6 Å². The minimum absolute atomic E-state index is 0.436. The van der Waals surface area contributed by atoms with E-state index in [-0.39, 0.29) is 0 Å². The van der Waals surface area contributed by atoms with Crippen LogP contribution in [-0.4, -0.2) is 37.4 Å². The van der Waals surface area contributed by atoms with Crippen LogP contribution in [0.4, 0.5) is 0 Å². The zero-order chi connectivity index (χ0) is 6.69. The van der Waals surface area contributed by atoms with Gasteiger partial charge in [0.15, 0.2) is 0 Å². The molecule has 3 heteroatoms. The van der Waals surface area contributed by atoms with E-state index in [0.717, 1.165) is 23.5 Å². The summed E-state index contributed by atoms with van der Waals surface area (Å²) >= 11 is 0.679. The molecule has 1 heterocycles. The first kappa shape index (κ1) is 7.55. The van der Waals surface area contributed by atoms with Crippen molar-refractivity contribution in [1.82, 2.24) is 0 Å². The maximum atomic E-state index is 9.12. The van der Waals surface area contributed by atoms with Gasteiger partial charge in [-0.1, -0.05) is 0 Å². The van der Waals surface area contributed by atoms with Crippen LogP contribution in [0.25, 0.3) is 0 Å². The fourth-order valence-corrected chi connectivity index (χ4v) is 3.04. The Morgan fingerprint density at radius 2 is 1.44 bits per heavy atom. The fourth-order valence-electron chi connectivity index (χ4n) is 0.895. The van der Waals surface area contributed by atoms with Gasteiger partial charge < -0.3 is 0 Å². The van der Waals surface area contributed by atoms with Crippen molar-refractivity contribution in [2.24, 2.45) is 0 Å². The van der Waals surface area contributed by atoms with Crippen molar-refractivity contribution in [2.75, 3.05) is 0 Å². The van der Waals surface area contributed by atoms with E-state index < -0.39 is 12.2 Å². The average molecular weight is 195 g/mol. The molecule has 0 aromatic rings. The second-order valence-corrected chi connectivity index (χ2v) is 4.89. The molecular weight excluding hydrogens is 183 g/mol. The Morgan fingerprint density at radius 3 is 1.89 bits per heavy atom. The van der Waals surface area contributed by atoms with Crippen molar-refractivity contribution in [1.29, 1.82) is 0 Å². The van der Waals surface area contributed by atoms with E-state index in [1.807, 2.05) is 0 Å². The van der Waals surface area contributed by atoms with Gasteiger partial charge in [0.25, 0.3) is 0 Å². The van der Waals surface area contributed by atoms with E-state index >= 15 is 0 Å². The van der Waals surface area contributed by atoms with Gasteiger partial charge in [-0.3, -0.25) is 0 Å². The second-order valence-electron chi connectivity index (χ2n) is 2.32. The molecule has 0 amide bonds. The second kappa shape index (κ2) is 3.57. The number of hydrogen-bond donors (Lipinski definition) is 2. The fraction of sp³-hybridized carbons (Fsp3) is 1.00. The number of aliphatic hydroxyl groups is 2. The third kappa shape index (κ3) is 2.26. The topological polar surface area (TPSA) is 40.5 Å². The molecule has 1 aliphatic rings. The van der Waals surface area contributed by atoms with Gasteiger partial charge in [-0.15, -0.1) is 0 Å². The molecule has 1 rings (SSSR count). The van der Waals surface area contributed by atoms with E-state index in [4.69, 9.17) is 10.2 Å². The first-order valence-electron chi connectivity index (χ1n) is 3.24. The molecule has 1 saturated heterocycles. The summed E-state index contributed by atoms with van der Waals surface area (Å²) in [4.78, 5) is 0. The normalized spacial score (nSPS) is 38.0. The van der Waals surface area contributed by atoms with Gasteiger partial charge in [0.05, 0.1) is 0 Å². The van der Waals surface area contributed by atoms with Gasteiger partial charge in [-0.2, -0.15) is 0 Å². The van der Waals surface area contributed by atoms with Crippen molar-refractivity contribution < 1.29 is 10.2 Å². The van der Waals surface area contributed by atoms with Crippen LogP contribution >= 0.6 is 0 Å². The summed E-state index contributed by atoms with van der Waals surface area (Å²) in [6, 6.07) is 0. The minimum atomic E-state index is -0.436. The molecule has 54 valence electrons. The van der Waals surface area contributed by atoms with Crippen LogP contribution in [0.1, 0.15) is 12.8 Å². The summed E-state index contributed by atoms with van der Waals surface area (Å²) in [5, 5.41) is 20.5. The zero-order valence-electron chi connectivity index (χ0n) is 5.29. The van der Waals surface area contributed by atoms with Crippen molar-refractivity contribution in [2.45, 2.75) is 35.7 Å². The van der Waals surface area contributed by atoms with Gasteiger partial charge in [0.2, 0.25) is 0 Å². The summed E-state index contributed by atoms with van der Waals surface area (Å²) in [5.41, 5.74) is 0. The van der Waals surface area contributed by atoms with Crippen LogP contribution in [0.5, 0.6) is 0 Å².